The molecule has 0 aliphatic heterocycles. The molecule has 0 aliphatic rings. The largest absolute Gasteiger partial charge is 0.478 e. The number of rotatable bonds is 7. The molecular weight excluding hydrogens is 364 g/mol. The molecule has 2 aromatic rings. The summed E-state index contributed by atoms with van der Waals surface area (Å²) in [7, 11) is 0. The summed E-state index contributed by atoms with van der Waals surface area (Å²) < 4.78 is 0. The van der Waals surface area contributed by atoms with Crippen molar-refractivity contribution in [3.8, 4) is 0 Å². The molecule has 0 aliphatic carbocycles. The van der Waals surface area contributed by atoms with Crippen molar-refractivity contribution in [3.05, 3.63) is 66.2 Å². The lowest BCUT2D eigenvalue weighted by molar-refractivity contribution is -0.131. The van der Waals surface area contributed by atoms with Crippen LogP contribution in [0.1, 0.15) is 12.5 Å². The van der Waals surface area contributed by atoms with Crippen LogP contribution in [-0.4, -0.2) is 28.1 Å². The van der Waals surface area contributed by atoms with Crippen molar-refractivity contribution in [3.63, 3.8) is 0 Å². The second-order valence-corrected chi connectivity index (χ2v) is 7.17. The number of carboxylic acids is 1. The zero-order chi connectivity index (χ0) is 19.8. The van der Waals surface area contributed by atoms with Gasteiger partial charge in [-0.05, 0) is 43.7 Å². The van der Waals surface area contributed by atoms with E-state index in [-0.39, 0.29) is 11.2 Å². The minimum absolute atomic E-state index is 0.117. The van der Waals surface area contributed by atoms with Crippen LogP contribution in [0.4, 0.5) is 11.4 Å². The van der Waals surface area contributed by atoms with Crippen LogP contribution in [-0.2, 0) is 14.4 Å². The van der Waals surface area contributed by atoms with Gasteiger partial charge in [0.2, 0.25) is 11.8 Å². The van der Waals surface area contributed by atoms with Gasteiger partial charge in [0.25, 0.3) is 0 Å². The number of benzene rings is 2. The van der Waals surface area contributed by atoms with Gasteiger partial charge in [-0.2, -0.15) is 0 Å². The molecule has 0 fully saturated rings. The Morgan fingerprint density at radius 2 is 1.78 bits per heavy atom. The van der Waals surface area contributed by atoms with Crippen LogP contribution < -0.4 is 10.6 Å². The topological polar surface area (TPSA) is 95.5 Å². The second kappa shape index (κ2) is 9.59. The molecule has 2 rings (SSSR count). The van der Waals surface area contributed by atoms with Crippen molar-refractivity contribution in [2.24, 2.45) is 0 Å². The molecule has 0 aromatic heterocycles. The van der Waals surface area contributed by atoms with Gasteiger partial charge in [-0.15, -0.1) is 11.8 Å². The Morgan fingerprint density at radius 1 is 1.04 bits per heavy atom. The van der Waals surface area contributed by atoms with Gasteiger partial charge in [0.1, 0.15) is 0 Å². The maximum absolute atomic E-state index is 12.4. The van der Waals surface area contributed by atoms with E-state index in [0.717, 1.165) is 28.3 Å². The highest BCUT2D eigenvalue weighted by Crippen LogP contribution is 2.27. The van der Waals surface area contributed by atoms with E-state index in [1.54, 1.807) is 25.1 Å². The van der Waals surface area contributed by atoms with E-state index >= 15 is 0 Å². The van der Waals surface area contributed by atoms with Crippen LogP contribution in [0.5, 0.6) is 0 Å². The first-order chi connectivity index (χ1) is 12.8. The number of para-hydroxylation sites is 1. The SMILES string of the molecule is Cc1ccccc1NC(=O)C(C)Sc1cccc(NC(=O)/C=C/C(=O)O)c1. The van der Waals surface area contributed by atoms with Crippen LogP contribution in [0.15, 0.2) is 65.6 Å². The molecule has 1 atom stereocenters. The highest BCUT2D eigenvalue weighted by atomic mass is 32.2. The maximum atomic E-state index is 12.4. The average Bonchev–Trinajstić information content (AvgIpc) is 2.62. The van der Waals surface area contributed by atoms with Gasteiger partial charge in [-0.3, -0.25) is 9.59 Å². The first-order valence-electron chi connectivity index (χ1n) is 8.20. The molecule has 0 bridgehead atoms. The van der Waals surface area contributed by atoms with Gasteiger partial charge in [0, 0.05) is 28.4 Å². The standard InChI is InChI=1S/C20H20N2O4S/c1-13-6-3-4-9-17(13)22-20(26)14(2)27-16-8-5-7-15(12-16)21-18(23)10-11-19(24)25/h3-12,14H,1-2H3,(H,21,23)(H,22,26)(H,24,25)/b11-10+. The quantitative estimate of drug-likeness (QED) is 0.500. The van der Waals surface area contributed by atoms with Gasteiger partial charge in [-0.1, -0.05) is 24.3 Å². The number of hydrogen-bond donors (Lipinski definition) is 3. The Morgan fingerprint density at radius 3 is 2.48 bits per heavy atom. The highest BCUT2D eigenvalue weighted by Gasteiger charge is 2.15. The lowest BCUT2D eigenvalue weighted by atomic mass is 10.2. The van der Waals surface area contributed by atoms with Gasteiger partial charge >= 0.3 is 5.97 Å². The maximum Gasteiger partial charge on any atom is 0.328 e. The molecule has 27 heavy (non-hydrogen) atoms. The molecule has 0 heterocycles. The molecule has 0 spiro atoms. The van der Waals surface area contributed by atoms with Crippen molar-refractivity contribution < 1.29 is 19.5 Å². The molecule has 3 N–H and O–H groups in total. The smallest absolute Gasteiger partial charge is 0.328 e. The number of carbonyl (C=O) groups excluding carboxylic acids is 2. The molecule has 140 valence electrons. The van der Waals surface area contributed by atoms with Gasteiger partial charge in [0.15, 0.2) is 0 Å². The van der Waals surface area contributed by atoms with E-state index in [0.29, 0.717) is 5.69 Å². The number of carbonyl (C=O) groups is 3. The lowest BCUT2D eigenvalue weighted by Crippen LogP contribution is -2.22. The number of aliphatic carboxylic acids is 1. The van der Waals surface area contributed by atoms with Crippen LogP contribution in [0.2, 0.25) is 0 Å². The Bertz CT molecular complexity index is 880. The lowest BCUT2D eigenvalue weighted by Gasteiger charge is -2.14. The van der Waals surface area contributed by atoms with Crippen molar-refractivity contribution >= 4 is 40.9 Å². The Balaban J connectivity index is 1.98. The van der Waals surface area contributed by atoms with Gasteiger partial charge in [-0.25, -0.2) is 4.79 Å². The fourth-order valence-electron chi connectivity index (χ4n) is 2.18. The molecule has 1 unspecified atom stereocenters. The third-order valence-corrected chi connectivity index (χ3v) is 4.66. The average molecular weight is 384 g/mol. The first kappa shape index (κ1) is 20.3. The van der Waals surface area contributed by atoms with Crippen LogP contribution >= 0.6 is 11.8 Å². The summed E-state index contributed by atoms with van der Waals surface area (Å²) in [5, 5.41) is 13.7. The van der Waals surface area contributed by atoms with Crippen LogP contribution in [0.25, 0.3) is 0 Å². The number of thioether (sulfide) groups is 1. The summed E-state index contributed by atoms with van der Waals surface area (Å²) in [5.74, 6) is -1.85. The molecular formula is C20H20N2O4S. The fourth-order valence-corrected chi connectivity index (χ4v) is 3.11. The van der Waals surface area contributed by atoms with Crippen molar-refractivity contribution in [1.82, 2.24) is 0 Å². The summed E-state index contributed by atoms with van der Waals surface area (Å²) in [5.41, 5.74) is 2.29. The number of aryl methyl sites for hydroxylation is 1. The van der Waals surface area contributed by atoms with Crippen molar-refractivity contribution in [1.29, 1.82) is 0 Å². The Kier molecular flexibility index (Phi) is 7.19. The van der Waals surface area contributed by atoms with E-state index in [1.807, 2.05) is 37.3 Å². The van der Waals surface area contributed by atoms with Crippen LogP contribution in [0.3, 0.4) is 0 Å². The zero-order valence-corrected chi connectivity index (χ0v) is 15.7. The predicted octanol–water partition coefficient (Wildman–Crippen LogP) is 3.69. The zero-order valence-electron chi connectivity index (χ0n) is 14.9. The minimum atomic E-state index is -1.19. The molecule has 6 nitrogen and oxygen atoms in total. The van der Waals surface area contributed by atoms with Crippen LogP contribution in [0, 0.1) is 6.92 Å². The molecule has 0 radical (unpaired) electrons. The number of hydrogen-bond acceptors (Lipinski definition) is 4. The fraction of sp³-hybridized carbons (Fsp3) is 0.150. The van der Waals surface area contributed by atoms with E-state index < -0.39 is 11.9 Å². The molecule has 7 heteroatoms. The number of anilines is 2. The number of nitrogens with one attached hydrogen (secondary N) is 2. The Labute approximate surface area is 161 Å². The van der Waals surface area contributed by atoms with Gasteiger partial charge in [0.05, 0.1) is 5.25 Å². The molecule has 2 aromatic carbocycles. The summed E-state index contributed by atoms with van der Waals surface area (Å²) in [4.78, 5) is 35.3. The summed E-state index contributed by atoms with van der Waals surface area (Å²) >= 11 is 1.36. The Hall–Kier alpha value is -3.06. The summed E-state index contributed by atoms with van der Waals surface area (Å²) in [6.45, 7) is 3.73. The predicted molar refractivity (Wildman–Crippen MR) is 107 cm³/mol. The van der Waals surface area contributed by atoms with E-state index in [1.165, 1.54) is 11.8 Å². The van der Waals surface area contributed by atoms with Crippen molar-refractivity contribution in [2.75, 3.05) is 10.6 Å². The minimum Gasteiger partial charge on any atom is -0.478 e. The third-order valence-electron chi connectivity index (χ3n) is 3.56. The van der Waals surface area contributed by atoms with Gasteiger partial charge < -0.3 is 15.7 Å². The third kappa shape index (κ3) is 6.63. The summed E-state index contributed by atoms with van der Waals surface area (Å²) in [6, 6.07) is 14.6. The van der Waals surface area contributed by atoms with E-state index in [2.05, 4.69) is 10.6 Å². The van der Waals surface area contributed by atoms with Crippen molar-refractivity contribution in [2.45, 2.75) is 24.0 Å². The van der Waals surface area contributed by atoms with E-state index in [4.69, 9.17) is 5.11 Å². The second-order valence-electron chi connectivity index (χ2n) is 5.75. The summed E-state index contributed by atoms with van der Waals surface area (Å²) in [6.07, 6.45) is 1.71. The molecule has 0 saturated heterocycles. The van der Waals surface area contributed by atoms with E-state index in [9.17, 15) is 14.4 Å². The highest BCUT2D eigenvalue weighted by molar-refractivity contribution is 8.00. The first-order valence-corrected chi connectivity index (χ1v) is 9.08. The number of amides is 2. The normalized spacial score (nSPS) is 11.8. The number of carboxylic acid groups (broad SMARTS) is 1. The molecule has 0 saturated carbocycles. The monoisotopic (exact) mass is 384 g/mol. The molecule has 2 amide bonds.